The molecule has 156 valence electrons. The highest BCUT2D eigenvalue weighted by atomic mass is 32.1. The van der Waals surface area contributed by atoms with Crippen molar-refractivity contribution in [2.75, 3.05) is 33.4 Å². The number of fused-ring (bicyclic) bond motifs is 1. The Morgan fingerprint density at radius 2 is 1.86 bits per heavy atom. The molecule has 2 heterocycles. The SMILES string of the molecule is CCc1ccc(-c2csc3nc(CCOC)n(CCN(CC)CC)c(=O)c23)cc1. The summed E-state index contributed by atoms with van der Waals surface area (Å²) in [6.07, 6.45) is 1.64. The molecule has 0 atom stereocenters. The summed E-state index contributed by atoms with van der Waals surface area (Å²) in [7, 11) is 1.68. The van der Waals surface area contributed by atoms with E-state index in [0.717, 1.165) is 53.2 Å². The third kappa shape index (κ3) is 4.77. The summed E-state index contributed by atoms with van der Waals surface area (Å²) in [5.41, 5.74) is 3.42. The number of methoxy groups -OCH3 is 1. The molecule has 0 amide bonds. The Balaban J connectivity index is 2.07. The lowest BCUT2D eigenvalue weighted by Crippen LogP contribution is -2.33. The van der Waals surface area contributed by atoms with Gasteiger partial charge in [-0.1, -0.05) is 45.0 Å². The quantitative estimate of drug-likeness (QED) is 0.499. The van der Waals surface area contributed by atoms with Gasteiger partial charge in [-0.15, -0.1) is 11.3 Å². The highest BCUT2D eigenvalue weighted by Crippen LogP contribution is 2.31. The van der Waals surface area contributed by atoms with Crippen LogP contribution >= 0.6 is 11.3 Å². The number of hydrogen-bond acceptors (Lipinski definition) is 5. The van der Waals surface area contributed by atoms with Crippen molar-refractivity contribution in [2.45, 2.75) is 40.2 Å². The van der Waals surface area contributed by atoms with Crippen molar-refractivity contribution in [3.8, 4) is 11.1 Å². The Morgan fingerprint density at radius 3 is 2.48 bits per heavy atom. The molecular formula is C23H31N3O2S. The fourth-order valence-corrected chi connectivity index (χ4v) is 4.55. The van der Waals surface area contributed by atoms with E-state index in [4.69, 9.17) is 9.72 Å². The zero-order valence-corrected chi connectivity index (χ0v) is 18.7. The van der Waals surface area contributed by atoms with E-state index in [1.807, 2.05) is 4.57 Å². The standard InChI is InChI=1S/C23H31N3O2S/c1-5-17-8-10-18(11-9-17)19-16-29-22-21(19)23(27)26(14-13-25(6-2)7-3)20(24-22)12-15-28-4/h8-11,16H,5-7,12-15H2,1-4H3. The first-order valence-electron chi connectivity index (χ1n) is 10.4. The molecule has 3 rings (SSSR count). The van der Waals surface area contributed by atoms with Crippen molar-refractivity contribution in [1.29, 1.82) is 0 Å². The van der Waals surface area contributed by atoms with Gasteiger partial charge in [0.1, 0.15) is 10.7 Å². The van der Waals surface area contributed by atoms with Crippen molar-refractivity contribution >= 4 is 21.6 Å². The summed E-state index contributed by atoms with van der Waals surface area (Å²) in [6, 6.07) is 8.49. The molecule has 1 aromatic carbocycles. The van der Waals surface area contributed by atoms with Crippen LogP contribution in [0.5, 0.6) is 0 Å². The Bertz CT molecular complexity index is 988. The minimum Gasteiger partial charge on any atom is -0.384 e. The Kier molecular flexibility index (Phi) is 7.58. The maximum Gasteiger partial charge on any atom is 0.262 e. The van der Waals surface area contributed by atoms with Gasteiger partial charge in [-0.05, 0) is 30.6 Å². The van der Waals surface area contributed by atoms with Crippen LogP contribution in [0.25, 0.3) is 21.3 Å². The molecule has 0 aliphatic heterocycles. The number of hydrogen-bond donors (Lipinski definition) is 0. The zero-order valence-electron chi connectivity index (χ0n) is 17.9. The van der Waals surface area contributed by atoms with E-state index in [1.54, 1.807) is 18.4 Å². The maximum absolute atomic E-state index is 13.6. The smallest absolute Gasteiger partial charge is 0.262 e. The van der Waals surface area contributed by atoms with Crippen molar-refractivity contribution in [3.05, 3.63) is 51.4 Å². The van der Waals surface area contributed by atoms with Crippen LogP contribution in [-0.2, 0) is 24.1 Å². The van der Waals surface area contributed by atoms with Gasteiger partial charge in [0.2, 0.25) is 0 Å². The lowest BCUT2D eigenvalue weighted by Gasteiger charge is -2.20. The van der Waals surface area contributed by atoms with E-state index in [9.17, 15) is 4.79 Å². The van der Waals surface area contributed by atoms with Crippen LogP contribution in [0, 0.1) is 0 Å². The van der Waals surface area contributed by atoms with Crippen molar-refractivity contribution in [2.24, 2.45) is 0 Å². The fraction of sp³-hybridized carbons (Fsp3) is 0.478. The summed E-state index contributed by atoms with van der Waals surface area (Å²) in [5, 5.41) is 2.80. The first-order valence-corrected chi connectivity index (χ1v) is 11.3. The van der Waals surface area contributed by atoms with Crippen LogP contribution in [0.2, 0.25) is 0 Å². The predicted octanol–water partition coefficient (Wildman–Crippen LogP) is 4.22. The van der Waals surface area contributed by atoms with Gasteiger partial charge in [0.15, 0.2) is 0 Å². The Labute approximate surface area is 177 Å². The fourth-order valence-electron chi connectivity index (χ4n) is 3.59. The van der Waals surface area contributed by atoms with E-state index in [1.165, 1.54) is 5.56 Å². The van der Waals surface area contributed by atoms with Gasteiger partial charge in [0.05, 0.1) is 12.0 Å². The molecule has 0 aliphatic carbocycles. The summed E-state index contributed by atoms with van der Waals surface area (Å²) < 4.78 is 7.11. The van der Waals surface area contributed by atoms with E-state index < -0.39 is 0 Å². The molecule has 2 aromatic heterocycles. The zero-order chi connectivity index (χ0) is 20.8. The molecule has 0 unspecified atom stereocenters. The van der Waals surface area contributed by atoms with Crippen molar-refractivity contribution < 1.29 is 4.74 Å². The molecule has 0 N–H and O–H groups in total. The maximum atomic E-state index is 13.6. The normalized spacial score (nSPS) is 11.6. The summed E-state index contributed by atoms with van der Waals surface area (Å²) in [6.45, 7) is 10.4. The predicted molar refractivity (Wildman–Crippen MR) is 122 cm³/mol. The number of aromatic nitrogens is 2. The van der Waals surface area contributed by atoms with Gasteiger partial charge in [0.25, 0.3) is 5.56 Å². The van der Waals surface area contributed by atoms with E-state index in [-0.39, 0.29) is 5.56 Å². The van der Waals surface area contributed by atoms with Crippen LogP contribution in [0.1, 0.15) is 32.2 Å². The van der Waals surface area contributed by atoms with Crippen molar-refractivity contribution in [3.63, 3.8) is 0 Å². The summed E-state index contributed by atoms with van der Waals surface area (Å²) in [4.78, 5) is 21.6. The number of likely N-dealkylation sites (N-methyl/N-ethyl adjacent to an activating group) is 1. The monoisotopic (exact) mass is 413 g/mol. The molecule has 5 nitrogen and oxygen atoms in total. The van der Waals surface area contributed by atoms with Gasteiger partial charge in [-0.2, -0.15) is 0 Å². The van der Waals surface area contributed by atoms with Crippen LogP contribution < -0.4 is 5.56 Å². The van der Waals surface area contributed by atoms with Crippen LogP contribution in [0.15, 0.2) is 34.4 Å². The summed E-state index contributed by atoms with van der Waals surface area (Å²) >= 11 is 1.55. The first kappa shape index (κ1) is 21.7. The van der Waals surface area contributed by atoms with E-state index >= 15 is 0 Å². The van der Waals surface area contributed by atoms with Gasteiger partial charge >= 0.3 is 0 Å². The van der Waals surface area contributed by atoms with E-state index in [0.29, 0.717) is 19.6 Å². The number of thiophene rings is 1. The van der Waals surface area contributed by atoms with Crippen LogP contribution in [-0.4, -0.2) is 47.8 Å². The highest BCUT2D eigenvalue weighted by Gasteiger charge is 2.17. The minimum atomic E-state index is 0.0593. The van der Waals surface area contributed by atoms with E-state index in [2.05, 4.69) is 55.3 Å². The molecular weight excluding hydrogens is 382 g/mol. The summed E-state index contributed by atoms with van der Waals surface area (Å²) in [5.74, 6) is 0.811. The average molecular weight is 414 g/mol. The topological polar surface area (TPSA) is 47.4 Å². The molecule has 0 fully saturated rings. The Morgan fingerprint density at radius 1 is 1.14 bits per heavy atom. The lowest BCUT2D eigenvalue weighted by atomic mass is 10.0. The number of aryl methyl sites for hydroxylation is 1. The number of ether oxygens (including phenoxy) is 1. The molecule has 0 saturated carbocycles. The van der Waals surface area contributed by atoms with Crippen LogP contribution in [0.4, 0.5) is 0 Å². The highest BCUT2D eigenvalue weighted by molar-refractivity contribution is 7.17. The van der Waals surface area contributed by atoms with Crippen LogP contribution in [0.3, 0.4) is 0 Å². The minimum absolute atomic E-state index is 0.0593. The molecule has 3 aromatic rings. The third-order valence-corrected chi connectivity index (χ3v) is 6.38. The third-order valence-electron chi connectivity index (χ3n) is 5.51. The van der Waals surface area contributed by atoms with Gasteiger partial charge < -0.3 is 9.64 Å². The molecule has 6 heteroatoms. The average Bonchev–Trinajstić information content (AvgIpc) is 3.18. The molecule has 0 aliphatic rings. The molecule has 0 radical (unpaired) electrons. The lowest BCUT2D eigenvalue weighted by molar-refractivity contribution is 0.198. The Hall–Kier alpha value is -2.02. The van der Waals surface area contributed by atoms with Crippen molar-refractivity contribution in [1.82, 2.24) is 14.5 Å². The number of nitrogens with zero attached hydrogens (tertiary/aromatic N) is 3. The largest absolute Gasteiger partial charge is 0.384 e. The number of rotatable bonds is 10. The second kappa shape index (κ2) is 10.1. The van der Waals surface area contributed by atoms with Gasteiger partial charge in [0, 0.05) is 37.6 Å². The first-order chi connectivity index (χ1) is 14.1. The number of benzene rings is 1. The molecule has 0 saturated heterocycles. The van der Waals surface area contributed by atoms with Gasteiger partial charge in [-0.3, -0.25) is 9.36 Å². The molecule has 0 spiro atoms. The second-order valence-corrected chi connectivity index (χ2v) is 7.99. The second-order valence-electron chi connectivity index (χ2n) is 7.13. The van der Waals surface area contributed by atoms with Gasteiger partial charge in [-0.25, -0.2) is 4.98 Å². The molecule has 29 heavy (non-hydrogen) atoms. The molecule has 0 bridgehead atoms.